The summed E-state index contributed by atoms with van der Waals surface area (Å²) in [6, 6.07) is 2.92. The SMILES string of the molecule is Cc1cc(N[C@@H](C)C2CCC2)ncc1-c1sc(C(=O)NCC(C)(C)O)nc1C(=O)N1C2CCC1CC2. The standard InChI is InChI=1S/C27H37N5O3S/c1-15-12-21(30-16(2)17-6-5-7-17)28-13-20(15)23-22(26(34)32-18-8-9-19(32)11-10-18)31-25(36-23)24(33)29-14-27(3,4)35/h12-13,16-19,35H,5-11,14H2,1-4H3,(H,28,30)(H,29,33)/t16-,18?,19?/m0/s1. The molecule has 36 heavy (non-hydrogen) atoms. The zero-order valence-corrected chi connectivity index (χ0v) is 22.5. The van der Waals surface area contributed by atoms with Gasteiger partial charge in [0, 0.05) is 36.4 Å². The van der Waals surface area contributed by atoms with E-state index in [2.05, 4.69) is 27.5 Å². The van der Waals surface area contributed by atoms with Crippen LogP contribution < -0.4 is 10.6 Å². The molecule has 5 rings (SSSR count). The van der Waals surface area contributed by atoms with Crippen LogP contribution in [0, 0.1) is 12.8 Å². The molecule has 3 N–H and O–H groups in total. The van der Waals surface area contributed by atoms with Gasteiger partial charge >= 0.3 is 0 Å². The number of nitrogens with one attached hydrogen (secondary N) is 2. The van der Waals surface area contributed by atoms with Gasteiger partial charge in [-0.1, -0.05) is 6.42 Å². The summed E-state index contributed by atoms with van der Waals surface area (Å²) in [5.74, 6) is 1.05. The number of fused-ring (bicyclic) bond motifs is 2. The van der Waals surface area contributed by atoms with Crippen molar-refractivity contribution >= 4 is 29.0 Å². The minimum Gasteiger partial charge on any atom is -0.389 e. The minimum absolute atomic E-state index is 0.0898. The van der Waals surface area contributed by atoms with E-state index in [1.807, 2.05) is 17.9 Å². The molecular formula is C27H37N5O3S. The Balaban J connectivity index is 1.45. The number of hydrogen-bond donors (Lipinski definition) is 3. The van der Waals surface area contributed by atoms with E-state index in [-0.39, 0.29) is 35.5 Å². The Morgan fingerprint density at radius 3 is 2.42 bits per heavy atom. The largest absolute Gasteiger partial charge is 0.389 e. The Labute approximate surface area is 216 Å². The molecule has 2 aliphatic heterocycles. The van der Waals surface area contributed by atoms with Gasteiger partial charge in [-0.2, -0.15) is 0 Å². The Morgan fingerprint density at radius 2 is 1.86 bits per heavy atom. The van der Waals surface area contributed by atoms with Crippen LogP contribution in [0.1, 0.15) is 91.6 Å². The first-order chi connectivity index (χ1) is 17.1. The number of aliphatic hydroxyl groups is 1. The molecule has 9 heteroatoms. The molecule has 3 aliphatic rings. The van der Waals surface area contributed by atoms with Crippen molar-refractivity contribution in [2.75, 3.05) is 11.9 Å². The van der Waals surface area contributed by atoms with Crippen LogP contribution in [0.5, 0.6) is 0 Å². The lowest BCUT2D eigenvalue weighted by atomic mass is 9.80. The van der Waals surface area contributed by atoms with Crippen molar-refractivity contribution in [3.63, 3.8) is 0 Å². The minimum atomic E-state index is -1.04. The maximum Gasteiger partial charge on any atom is 0.280 e. The van der Waals surface area contributed by atoms with E-state index in [1.54, 1.807) is 20.0 Å². The fraction of sp³-hybridized carbons (Fsp3) is 0.630. The molecule has 0 aromatic carbocycles. The van der Waals surface area contributed by atoms with Crippen LogP contribution in [0.4, 0.5) is 5.82 Å². The topological polar surface area (TPSA) is 107 Å². The van der Waals surface area contributed by atoms with Crippen molar-refractivity contribution in [2.24, 2.45) is 5.92 Å². The van der Waals surface area contributed by atoms with Gasteiger partial charge in [0.2, 0.25) is 0 Å². The average Bonchev–Trinajstić information content (AvgIpc) is 3.50. The summed E-state index contributed by atoms with van der Waals surface area (Å²) in [6.07, 6.45) is 9.76. The third-order valence-electron chi connectivity index (χ3n) is 7.98. The number of nitrogens with zero attached hydrogens (tertiary/aromatic N) is 3. The number of pyridine rings is 1. The van der Waals surface area contributed by atoms with E-state index in [4.69, 9.17) is 0 Å². The van der Waals surface area contributed by atoms with Gasteiger partial charge in [-0.25, -0.2) is 9.97 Å². The molecule has 2 bridgehead atoms. The van der Waals surface area contributed by atoms with E-state index >= 15 is 0 Å². The second-order valence-corrected chi connectivity index (χ2v) is 12.4. The molecule has 2 amide bonds. The Bertz CT molecular complexity index is 1130. The number of aryl methyl sites for hydroxylation is 1. The number of hydrogen-bond acceptors (Lipinski definition) is 7. The van der Waals surface area contributed by atoms with Gasteiger partial charge in [0.25, 0.3) is 11.8 Å². The lowest BCUT2D eigenvalue weighted by Gasteiger charge is -2.32. The fourth-order valence-corrected chi connectivity index (χ4v) is 6.70. The summed E-state index contributed by atoms with van der Waals surface area (Å²) >= 11 is 1.22. The highest BCUT2D eigenvalue weighted by Gasteiger charge is 2.44. The molecular weight excluding hydrogens is 474 g/mol. The third kappa shape index (κ3) is 5.00. The Hall–Kier alpha value is -2.52. The van der Waals surface area contributed by atoms with E-state index < -0.39 is 5.60 Å². The zero-order chi connectivity index (χ0) is 25.6. The lowest BCUT2D eigenvalue weighted by Crippen LogP contribution is -2.38. The number of amides is 2. The van der Waals surface area contributed by atoms with Gasteiger partial charge < -0.3 is 20.6 Å². The highest BCUT2D eigenvalue weighted by Crippen LogP contribution is 2.41. The molecule has 3 fully saturated rings. The van der Waals surface area contributed by atoms with Crippen molar-refractivity contribution < 1.29 is 14.7 Å². The number of thiazole rings is 1. The highest BCUT2D eigenvalue weighted by molar-refractivity contribution is 7.17. The molecule has 0 spiro atoms. The van der Waals surface area contributed by atoms with Crippen LogP contribution in [-0.2, 0) is 0 Å². The van der Waals surface area contributed by atoms with Crippen molar-refractivity contribution in [3.8, 4) is 10.4 Å². The molecule has 194 valence electrons. The second-order valence-electron chi connectivity index (χ2n) is 11.4. The maximum atomic E-state index is 13.8. The number of carbonyl (C=O) groups excluding carboxylic acids is 2. The predicted molar refractivity (Wildman–Crippen MR) is 141 cm³/mol. The van der Waals surface area contributed by atoms with Crippen LogP contribution in [0.25, 0.3) is 10.4 Å². The second kappa shape index (κ2) is 9.74. The van der Waals surface area contributed by atoms with Crippen molar-refractivity contribution in [1.29, 1.82) is 0 Å². The smallest absolute Gasteiger partial charge is 0.280 e. The van der Waals surface area contributed by atoms with Crippen LogP contribution in [0.15, 0.2) is 12.3 Å². The Kier molecular flexibility index (Phi) is 6.80. The first kappa shape index (κ1) is 25.1. The van der Waals surface area contributed by atoms with Crippen molar-refractivity contribution in [1.82, 2.24) is 20.2 Å². The first-order valence-electron chi connectivity index (χ1n) is 13.2. The quantitative estimate of drug-likeness (QED) is 0.485. The number of aromatic nitrogens is 2. The summed E-state index contributed by atoms with van der Waals surface area (Å²) in [4.78, 5) is 38.6. The molecule has 1 saturated carbocycles. The average molecular weight is 512 g/mol. The van der Waals surface area contributed by atoms with Crippen LogP contribution in [0.2, 0.25) is 0 Å². The highest BCUT2D eigenvalue weighted by atomic mass is 32.1. The molecule has 0 unspecified atom stereocenters. The lowest BCUT2D eigenvalue weighted by molar-refractivity contribution is 0.0692. The molecule has 2 aromatic heterocycles. The van der Waals surface area contributed by atoms with Gasteiger partial charge in [0.1, 0.15) is 11.5 Å². The monoisotopic (exact) mass is 511 g/mol. The van der Waals surface area contributed by atoms with Gasteiger partial charge in [-0.3, -0.25) is 9.59 Å². The summed E-state index contributed by atoms with van der Waals surface area (Å²) in [7, 11) is 0. The van der Waals surface area contributed by atoms with E-state index in [0.29, 0.717) is 22.5 Å². The molecule has 2 aromatic rings. The number of rotatable bonds is 8. The number of carbonyl (C=O) groups is 2. The van der Waals surface area contributed by atoms with Gasteiger partial charge in [-0.15, -0.1) is 11.3 Å². The van der Waals surface area contributed by atoms with Crippen LogP contribution >= 0.6 is 11.3 Å². The Morgan fingerprint density at radius 1 is 1.19 bits per heavy atom. The third-order valence-corrected chi connectivity index (χ3v) is 9.07. The van der Waals surface area contributed by atoms with Gasteiger partial charge in [0.15, 0.2) is 5.01 Å². The first-order valence-corrected chi connectivity index (χ1v) is 14.0. The van der Waals surface area contributed by atoms with E-state index in [0.717, 1.165) is 42.6 Å². The van der Waals surface area contributed by atoms with Crippen LogP contribution in [-0.4, -0.2) is 62.1 Å². The molecule has 0 radical (unpaired) electrons. The molecule has 8 nitrogen and oxygen atoms in total. The normalized spacial score (nSPS) is 22.4. The zero-order valence-electron chi connectivity index (χ0n) is 21.6. The predicted octanol–water partition coefficient (Wildman–Crippen LogP) is 4.38. The summed E-state index contributed by atoms with van der Waals surface area (Å²) in [5.41, 5.74) is 1.11. The van der Waals surface area contributed by atoms with Crippen molar-refractivity contribution in [2.45, 2.75) is 96.4 Å². The molecule has 1 aliphatic carbocycles. The molecule has 1 atom stereocenters. The molecule has 2 saturated heterocycles. The fourth-order valence-electron chi connectivity index (χ4n) is 5.65. The van der Waals surface area contributed by atoms with Crippen molar-refractivity contribution in [3.05, 3.63) is 28.5 Å². The maximum absolute atomic E-state index is 13.8. The summed E-state index contributed by atoms with van der Waals surface area (Å²) in [5, 5.41) is 16.5. The number of anilines is 1. The summed E-state index contributed by atoms with van der Waals surface area (Å²) < 4.78 is 0. The molecule has 4 heterocycles. The van der Waals surface area contributed by atoms with E-state index in [9.17, 15) is 14.7 Å². The van der Waals surface area contributed by atoms with E-state index in [1.165, 1.54) is 30.6 Å². The van der Waals surface area contributed by atoms with Gasteiger partial charge in [0.05, 0.1) is 10.5 Å². The van der Waals surface area contributed by atoms with Gasteiger partial charge in [-0.05, 0) is 83.8 Å². The summed E-state index contributed by atoms with van der Waals surface area (Å²) in [6.45, 7) is 7.58. The van der Waals surface area contributed by atoms with Crippen LogP contribution in [0.3, 0.4) is 0 Å².